The van der Waals surface area contributed by atoms with Gasteiger partial charge in [0, 0.05) is 33.0 Å². The smallest absolute Gasteiger partial charge is 0.164 e. The summed E-state index contributed by atoms with van der Waals surface area (Å²) in [4.78, 5) is 15.5. The largest absolute Gasteiger partial charge is 0.309 e. The lowest BCUT2D eigenvalue weighted by atomic mass is 9.61. The van der Waals surface area contributed by atoms with Crippen LogP contribution in [0.5, 0.6) is 0 Å². The zero-order valence-corrected chi connectivity index (χ0v) is 34.6. The summed E-state index contributed by atoms with van der Waals surface area (Å²) >= 11 is 0. The van der Waals surface area contributed by atoms with Gasteiger partial charge in [-0.15, -0.1) is 0 Å². The highest BCUT2D eigenvalue weighted by atomic mass is 15.0. The van der Waals surface area contributed by atoms with E-state index in [0.717, 1.165) is 27.9 Å². The summed E-state index contributed by atoms with van der Waals surface area (Å²) in [5.41, 5.74) is 15.0. The van der Waals surface area contributed by atoms with Gasteiger partial charge in [-0.25, -0.2) is 15.0 Å². The second kappa shape index (κ2) is 15.3. The molecule has 0 unspecified atom stereocenters. The van der Waals surface area contributed by atoms with E-state index in [2.05, 4.69) is 200 Å². The van der Waals surface area contributed by atoms with Gasteiger partial charge in [0.1, 0.15) is 0 Å². The van der Waals surface area contributed by atoms with E-state index in [9.17, 15) is 0 Å². The molecule has 2 aromatic heterocycles. The van der Waals surface area contributed by atoms with Crippen LogP contribution in [0.3, 0.4) is 0 Å². The lowest BCUT2D eigenvalue weighted by Gasteiger charge is -2.43. The minimum absolute atomic E-state index is 0.618. The zero-order valence-electron chi connectivity index (χ0n) is 34.6. The number of aromatic nitrogens is 4. The van der Waals surface area contributed by atoms with Crippen molar-refractivity contribution < 1.29 is 0 Å². The molecule has 0 radical (unpaired) electrons. The SMILES string of the molecule is CC=CC=C(C)c1ccc2c3ccc(-c4ccccc4)c4c3n(c2c1)-c1ccc(-c2nc(-c3ccccc3)nc(-c3ccccc3)n2)cc1C4(c1ccccc1)c1ccccc1. The summed E-state index contributed by atoms with van der Waals surface area (Å²) in [7, 11) is 0. The highest BCUT2D eigenvalue weighted by Gasteiger charge is 2.47. The normalized spacial score (nSPS) is 13.2. The van der Waals surface area contributed by atoms with Gasteiger partial charge in [-0.05, 0) is 77.1 Å². The fourth-order valence-electron chi connectivity index (χ4n) is 9.56. The molecule has 0 saturated heterocycles. The zero-order chi connectivity index (χ0) is 41.6. The first-order chi connectivity index (χ1) is 30.6. The Labute approximate surface area is 361 Å². The second-order valence-electron chi connectivity index (χ2n) is 15.9. The number of hydrogen-bond donors (Lipinski definition) is 0. The molecule has 3 heterocycles. The van der Waals surface area contributed by atoms with Crippen LogP contribution in [0.2, 0.25) is 0 Å². The van der Waals surface area contributed by atoms with Crippen LogP contribution in [-0.4, -0.2) is 19.5 Å². The first-order valence-corrected chi connectivity index (χ1v) is 21.2. The molecule has 1 aliphatic heterocycles. The molecule has 0 atom stereocenters. The molecule has 1 aliphatic rings. The van der Waals surface area contributed by atoms with Gasteiger partial charge in [0.25, 0.3) is 0 Å². The maximum atomic E-state index is 5.24. The Bertz CT molecular complexity index is 3230. The number of hydrogen-bond acceptors (Lipinski definition) is 3. The molecule has 294 valence electrons. The Hall–Kier alpha value is -7.95. The van der Waals surface area contributed by atoms with E-state index in [1.54, 1.807) is 0 Å². The number of allylic oxidation sites excluding steroid dienone is 4. The number of benzene rings is 8. The summed E-state index contributed by atoms with van der Waals surface area (Å²) in [6, 6.07) is 71.9. The van der Waals surface area contributed by atoms with Crippen molar-refractivity contribution in [1.29, 1.82) is 0 Å². The lowest BCUT2D eigenvalue weighted by molar-refractivity contribution is 0.729. The molecule has 62 heavy (non-hydrogen) atoms. The van der Waals surface area contributed by atoms with Gasteiger partial charge in [0.15, 0.2) is 17.5 Å². The van der Waals surface area contributed by atoms with Gasteiger partial charge in [0.2, 0.25) is 0 Å². The van der Waals surface area contributed by atoms with Gasteiger partial charge in [-0.2, -0.15) is 0 Å². The summed E-state index contributed by atoms with van der Waals surface area (Å²) in [5.74, 6) is 1.88. The standard InChI is InChI=1S/C58H42N4/c1-3-4-20-39(2)43-31-33-48-49-35-34-47(40-21-10-5-11-22-40)53-54(49)62(52(48)38-43)51-36-32-44(37-50(51)58(53,45-27-16-8-17-28-45)46-29-18-9-19-30-46)57-60-55(41-23-12-6-13-24-41)59-56(61-57)42-25-14-7-15-26-42/h3-38H,1-2H3. The first kappa shape index (κ1) is 37.1. The van der Waals surface area contributed by atoms with Crippen molar-refractivity contribution in [3.8, 4) is 51.0 Å². The van der Waals surface area contributed by atoms with Crippen LogP contribution in [0.4, 0.5) is 0 Å². The molecule has 0 saturated carbocycles. The molecule has 0 aliphatic carbocycles. The van der Waals surface area contributed by atoms with Gasteiger partial charge in [-0.3, -0.25) is 0 Å². The highest BCUT2D eigenvalue weighted by molar-refractivity contribution is 6.14. The fraction of sp³-hybridized carbons (Fsp3) is 0.0517. The quantitative estimate of drug-likeness (QED) is 0.144. The van der Waals surface area contributed by atoms with E-state index < -0.39 is 5.41 Å². The Balaban J connectivity index is 1.31. The summed E-state index contributed by atoms with van der Waals surface area (Å²) in [6.45, 7) is 4.25. The average Bonchev–Trinajstić information content (AvgIpc) is 3.68. The van der Waals surface area contributed by atoms with E-state index in [1.807, 2.05) is 36.4 Å². The van der Waals surface area contributed by atoms with Gasteiger partial charge < -0.3 is 4.57 Å². The Morgan fingerprint density at radius 2 is 1.02 bits per heavy atom. The molecule has 11 rings (SSSR count). The maximum absolute atomic E-state index is 5.24. The van der Waals surface area contributed by atoms with Crippen LogP contribution in [0.15, 0.2) is 218 Å². The molecule has 0 spiro atoms. The Kier molecular flexibility index (Phi) is 9.13. The topological polar surface area (TPSA) is 43.6 Å². The van der Waals surface area contributed by atoms with E-state index >= 15 is 0 Å². The van der Waals surface area contributed by atoms with Crippen molar-refractivity contribution in [2.24, 2.45) is 0 Å². The monoisotopic (exact) mass is 794 g/mol. The summed E-state index contributed by atoms with van der Waals surface area (Å²) in [6.07, 6.45) is 6.38. The molecular weight excluding hydrogens is 753 g/mol. The number of fused-ring (bicyclic) bond motifs is 5. The molecule has 0 N–H and O–H groups in total. The van der Waals surface area contributed by atoms with Crippen molar-refractivity contribution in [1.82, 2.24) is 19.5 Å². The van der Waals surface area contributed by atoms with E-state index in [-0.39, 0.29) is 0 Å². The van der Waals surface area contributed by atoms with Crippen LogP contribution in [0, 0.1) is 0 Å². The first-order valence-electron chi connectivity index (χ1n) is 21.2. The number of nitrogens with zero attached hydrogens (tertiary/aromatic N) is 4. The molecule has 0 bridgehead atoms. The maximum Gasteiger partial charge on any atom is 0.164 e. The van der Waals surface area contributed by atoms with Crippen molar-refractivity contribution in [2.45, 2.75) is 19.3 Å². The molecule has 4 nitrogen and oxygen atoms in total. The van der Waals surface area contributed by atoms with Gasteiger partial charge in [-0.1, -0.05) is 194 Å². The van der Waals surface area contributed by atoms with Crippen molar-refractivity contribution in [3.63, 3.8) is 0 Å². The Morgan fingerprint density at radius 3 is 1.58 bits per heavy atom. The third-order valence-electron chi connectivity index (χ3n) is 12.4. The third-order valence-corrected chi connectivity index (χ3v) is 12.4. The lowest BCUT2D eigenvalue weighted by Crippen LogP contribution is -2.36. The molecular formula is C58H42N4. The van der Waals surface area contributed by atoms with Crippen molar-refractivity contribution in [2.75, 3.05) is 0 Å². The predicted molar refractivity (Wildman–Crippen MR) is 256 cm³/mol. The van der Waals surface area contributed by atoms with Crippen LogP contribution >= 0.6 is 0 Å². The molecule has 10 aromatic rings. The van der Waals surface area contributed by atoms with E-state index in [4.69, 9.17) is 15.0 Å². The van der Waals surface area contributed by atoms with Crippen LogP contribution < -0.4 is 0 Å². The van der Waals surface area contributed by atoms with Crippen molar-refractivity contribution >= 4 is 27.4 Å². The average molecular weight is 795 g/mol. The summed E-state index contributed by atoms with van der Waals surface area (Å²) < 4.78 is 2.53. The van der Waals surface area contributed by atoms with E-state index in [1.165, 1.54) is 60.8 Å². The highest BCUT2D eigenvalue weighted by Crippen LogP contribution is 2.57. The minimum Gasteiger partial charge on any atom is -0.309 e. The van der Waals surface area contributed by atoms with Crippen LogP contribution in [0.1, 0.15) is 41.7 Å². The van der Waals surface area contributed by atoms with E-state index in [0.29, 0.717) is 17.5 Å². The molecule has 0 fully saturated rings. The second-order valence-corrected chi connectivity index (χ2v) is 15.9. The molecule has 0 amide bonds. The predicted octanol–water partition coefficient (Wildman–Crippen LogP) is 14.3. The van der Waals surface area contributed by atoms with Crippen LogP contribution in [-0.2, 0) is 5.41 Å². The minimum atomic E-state index is -0.759. The van der Waals surface area contributed by atoms with Gasteiger partial charge >= 0.3 is 0 Å². The number of rotatable bonds is 8. The fourth-order valence-corrected chi connectivity index (χ4v) is 9.56. The van der Waals surface area contributed by atoms with Crippen molar-refractivity contribution in [3.05, 3.63) is 246 Å². The van der Waals surface area contributed by atoms with Gasteiger partial charge in [0.05, 0.1) is 22.1 Å². The molecule has 8 aromatic carbocycles. The molecule has 4 heteroatoms. The third kappa shape index (κ3) is 5.95. The Morgan fingerprint density at radius 1 is 0.500 bits per heavy atom. The summed E-state index contributed by atoms with van der Waals surface area (Å²) in [5, 5.41) is 2.44. The van der Waals surface area contributed by atoms with Crippen LogP contribution in [0.25, 0.3) is 78.4 Å².